The molecule has 0 spiro atoms. The second kappa shape index (κ2) is 8.53. The van der Waals surface area contributed by atoms with Gasteiger partial charge in [0, 0.05) is 5.69 Å². The van der Waals surface area contributed by atoms with E-state index in [9.17, 15) is 4.79 Å². The maximum atomic E-state index is 11.6. The Balaban J connectivity index is 0.00000289. The van der Waals surface area contributed by atoms with Crippen molar-refractivity contribution in [3.8, 4) is 0 Å². The van der Waals surface area contributed by atoms with Crippen molar-refractivity contribution in [3.05, 3.63) is 29.8 Å². The fourth-order valence-electron chi connectivity index (χ4n) is 1.52. The largest absolute Gasteiger partial charge is 0.481 e. The Bertz CT molecular complexity index is 408. The molecule has 0 aliphatic heterocycles. The van der Waals surface area contributed by atoms with Gasteiger partial charge in [-0.05, 0) is 25.0 Å². The number of rotatable bonds is 5. The quantitative estimate of drug-likeness (QED) is 0.638. The molecular weight excluding hydrogens is 252 g/mol. The zero-order valence-corrected chi connectivity index (χ0v) is 11.5. The van der Waals surface area contributed by atoms with Crippen LogP contribution in [0.4, 0.5) is 5.69 Å². The molecule has 0 radical (unpaired) electrons. The van der Waals surface area contributed by atoms with Gasteiger partial charge in [0.1, 0.15) is 6.42 Å². The highest BCUT2D eigenvalue weighted by Gasteiger charge is 2.08. The fraction of sp³-hybridized carbons (Fsp3) is 0.385. The standard InChI is InChI=1S/C13H18N2O2.ClH/c1-3-10-7-5-6-8-11(10)15-13(16)9-12(14)17-4-2;/h5-8,14H,3-4,9H2,1-2H3,(H,15,16);1H. The Morgan fingerprint density at radius 3 is 2.61 bits per heavy atom. The van der Waals surface area contributed by atoms with E-state index in [0.29, 0.717) is 6.61 Å². The summed E-state index contributed by atoms with van der Waals surface area (Å²) in [5.41, 5.74) is 1.90. The number of carbonyl (C=O) groups excluding carboxylic acids is 1. The summed E-state index contributed by atoms with van der Waals surface area (Å²) in [4.78, 5) is 11.6. The third-order valence-corrected chi connectivity index (χ3v) is 2.31. The molecule has 0 heterocycles. The highest BCUT2D eigenvalue weighted by Crippen LogP contribution is 2.15. The van der Waals surface area contributed by atoms with E-state index in [4.69, 9.17) is 10.1 Å². The molecule has 1 amide bonds. The lowest BCUT2D eigenvalue weighted by Crippen LogP contribution is -2.18. The number of halogens is 1. The second-order valence-corrected chi connectivity index (χ2v) is 3.59. The summed E-state index contributed by atoms with van der Waals surface area (Å²) in [6, 6.07) is 7.66. The van der Waals surface area contributed by atoms with E-state index < -0.39 is 0 Å². The highest BCUT2D eigenvalue weighted by atomic mass is 35.5. The van der Waals surface area contributed by atoms with Gasteiger partial charge in [-0.15, -0.1) is 12.4 Å². The van der Waals surface area contributed by atoms with Gasteiger partial charge in [0.2, 0.25) is 5.91 Å². The van der Waals surface area contributed by atoms with E-state index in [1.165, 1.54) is 0 Å². The molecule has 0 saturated heterocycles. The maximum absolute atomic E-state index is 11.6. The van der Waals surface area contributed by atoms with E-state index >= 15 is 0 Å². The maximum Gasteiger partial charge on any atom is 0.233 e. The number of carbonyl (C=O) groups is 1. The Morgan fingerprint density at radius 1 is 1.33 bits per heavy atom. The normalized spacial score (nSPS) is 9.22. The summed E-state index contributed by atoms with van der Waals surface area (Å²) in [7, 11) is 0. The fourth-order valence-corrected chi connectivity index (χ4v) is 1.52. The van der Waals surface area contributed by atoms with Crippen LogP contribution in [0.15, 0.2) is 24.3 Å². The lowest BCUT2D eigenvalue weighted by molar-refractivity contribution is -0.115. The molecule has 0 saturated carbocycles. The molecule has 1 rings (SSSR count). The molecule has 0 aliphatic carbocycles. The number of para-hydroxylation sites is 1. The third kappa shape index (κ3) is 5.19. The topological polar surface area (TPSA) is 62.2 Å². The van der Waals surface area contributed by atoms with Gasteiger partial charge in [0.15, 0.2) is 5.90 Å². The van der Waals surface area contributed by atoms with Crippen LogP contribution in [0.3, 0.4) is 0 Å². The van der Waals surface area contributed by atoms with E-state index in [-0.39, 0.29) is 30.6 Å². The van der Waals surface area contributed by atoms with E-state index in [0.717, 1.165) is 17.7 Å². The van der Waals surface area contributed by atoms with Gasteiger partial charge >= 0.3 is 0 Å². The van der Waals surface area contributed by atoms with Crippen molar-refractivity contribution >= 4 is 29.9 Å². The molecule has 100 valence electrons. The summed E-state index contributed by atoms with van der Waals surface area (Å²) < 4.78 is 4.93. The SMILES string of the molecule is CCOC(=N)CC(=O)Nc1ccccc1CC.Cl. The molecule has 0 atom stereocenters. The molecule has 1 aromatic carbocycles. The molecule has 4 nitrogen and oxygen atoms in total. The molecular formula is C13H19ClN2O2. The zero-order chi connectivity index (χ0) is 12.7. The first-order valence-electron chi connectivity index (χ1n) is 5.75. The van der Waals surface area contributed by atoms with Gasteiger partial charge in [0.05, 0.1) is 6.61 Å². The minimum Gasteiger partial charge on any atom is -0.481 e. The van der Waals surface area contributed by atoms with E-state index in [1.807, 2.05) is 31.2 Å². The summed E-state index contributed by atoms with van der Waals surface area (Å²) >= 11 is 0. The number of anilines is 1. The number of aryl methyl sites for hydroxylation is 1. The Labute approximate surface area is 114 Å². The average Bonchev–Trinajstić information content (AvgIpc) is 2.29. The number of amides is 1. The van der Waals surface area contributed by atoms with Crippen molar-refractivity contribution < 1.29 is 9.53 Å². The van der Waals surface area contributed by atoms with Gasteiger partial charge in [-0.3, -0.25) is 10.2 Å². The molecule has 0 bridgehead atoms. The van der Waals surface area contributed by atoms with Crippen LogP contribution in [0.1, 0.15) is 25.8 Å². The van der Waals surface area contributed by atoms with Crippen LogP contribution in [0.25, 0.3) is 0 Å². The summed E-state index contributed by atoms with van der Waals surface area (Å²) in [6.07, 6.45) is 0.839. The second-order valence-electron chi connectivity index (χ2n) is 3.59. The monoisotopic (exact) mass is 270 g/mol. The number of benzene rings is 1. The van der Waals surface area contributed by atoms with Gasteiger partial charge in [-0.25, -0.2) is 0 Å². The van der Waals surface area contributed by atoms with E-state index in [1.54, 1.807) is 6.92 Å². The predicted octanol–water partition coefficient (Wildman–Crippen LogP) is 3.01. The summed E-state index contributed by atoms with van der Waals surface area (Å²) in [6.45, 7) is 4.24. The highest BCUT2D eigenvalue weighted by molar-refractivity contribution is 6.03. The summed E-state index contributed by atoms with van der Waals surface area (Å²) in [5.74, 6) is -0.219. The van der Waals surface area contributed by atoms with Crippen molar-refractivity contribution in [3.63, 3.8) is 0 Å². The van der Waals surface area contributed by atoms with Crippen molar-refractivity contribution in [2.75, 3.05) is 11.9 Å². The minimum atomic E-state index is -0.218. The first-order chi connectivity index (χ1) is 8.17. The van der Waals surface area contributed by atoms with Crippen molar-refractivity contribution in [1.29, 1.82) is 5.41 Å². The van der Waals surface area contributed by atoms with Crippen LogP contribution < -0.4 is 5.32 Å². The first-order valence-corrected chi connectivity index (χ1v) is 5.75. The van der Waals surface area contributed by atoms with Crippen molar-refractivity contribution in [2.45, 2.75) is 26.7 Å². The van der Waals surface area contributed by atoms with E-state index in [2.05, 4.69) is 5.32 Å². The van der Waals surface area contributed by atoms with Crippen LogP contribution in [0, 0.1) is 5.41 Å². The van der Waals surface area contributed by atoms with Crippen LogP contribution in [-0.2, 0) is 16.0 Å². The Hall–Kier alpha value is -1.55. The molecule has 18 heavy (non-hydrogen) atoms. The number of ether oxygens (including phenoxy) is 1. The van der Waals surface area contributed by atoms with Crippen molar-refractivity contribution in [1.82, 2.24) is 0 Å². The predicted molar refractivity (Wildman–Crippen MR) is 75.7 cm³/mol. The van der Waals surface area contributed by atoms with Crippen LogP contribution in [0.5, 0.6) is 0 Å². The molecule has 1 aromatic rings. The Morgan fingerprint density at radius 2 is 2.00 bits per heavy atom. The zero-order valence-electron chi connectivity index (χ0n) is 10.7. The lowest BCUT2D eigenvalue weighted by atomic mass is 10.1. The van der Waals surface area contributed by atoms with Gasteiger partial charge in [-0.2, -0.15) is 0 Å². The van der Waals surface area contributed by atoms with Crippen LogP contribution in [0.2, 0.25) is 0 Å². The number of hydrogen-bond donors (Lipinski definition) is 2. The number of nitrogens with one attached hydrogen (secondary N) is 2. The minimum absolute atomic E-state index is 0. The smallest absolute Gasteiger partial charge is 0.233 e. The first kappa shape index (κ1) is 16.4. The van der Waals surface area contributed by atoms with Gasteiger partial charge in [0.25, 0.3) is 0 Å². The molecule has 2 N–H and O–H groups in total. The number of hydrogen-bond acceptors (Lipinski definition) is 3. The lowest BCUT2D eigenvalue weighted by Gasteiger charge is -2.10. The third-order valence-electron chi connectivity index (χ3n) is 2.31. The Kier molecular flexibility index (Phi) is 7.79. The molecule has 0 unspecified atom stereocenters. The average molecular weight is 271 g/mol. The van der Waals surface area contributed by atoms with Crippen LogP contribution >= 0.6 is 12.4 Å². The van der Waals surface area contributed by atoms with Gasteiger partial charge < -0.3 is 10.1 Å². The van der Waals surface area contributed by atoms with Crippen molar-refractivity contribution in [2.24, 2.45) is 0 Å². The van der Waals surface area contributed by atoms with Crippen LogP contribution in [-0.4, -0.2) is 18.4 Å². The summed E-state index contributed by atoms with van der Waals surface area (Å²) in [5, 5.41) is 10.2. The molecule has 5 heteroatoms. The molecule has 0 aromatic heterocycles. The molecule has 0 fully saturated rings. The molecule has 0 aliphatic rings. The van der Waals surface area contributed by atoms with Gasteiger partial charge in [-0.1, -0.05) is 25.1 Å².